The topological polar surface area (TPSA) is 55.6 Å². The summed E-state index contributed by atoms with van der Waals surface area (Å²) in [6.07, 6.45) is 2.60. The van der Waals surface area contributed by atoms with Crippen molar-refractivity contribution in [2.24, 2.45) is 11.7 Å². The van der Waals surface area contributed by atoms with Crippen molar-refractivity contribution in [2.45, 2.75) is 52.0 Å². The lowest BCUT2D eigenvalue weighted by Crippen LogP contribution is -2.45. The van der Waals surface area contributed by atoms with E-state index in [0.717, 1.165) is 31.7 Å². The summed E-state index contributed by atoms with van der Waals surface area (Å²) in [6.45, 7) is 8.44. The molecule has 0 bridgehead atoms. The summed E-state index contributed by atoms with van der Waals surface area (Å²) < 4.78 is 5.70. The van der Waals surface area contributed by atoms with Crippen LogP contribution in [0, 0.1) is 5.92 Å². The number of hydrogen-bond acceptors (Lipinski definition) is 3. The van der Waals surface area contributed by atoms with Crippen molar-refractivity contribution in [3.05, 3.63) is 29.8 Å². The van der Waals surface area contributed by atoms with Gasteiger partial charge >= 0.3 is 0 Å². The summed E-state index contributed by atoms with van der Waals surface area (Å²) in [5.74, 6) is 1.95. The Bertz CT molecular complexity index is 503. The molecule has 1 amide bonds. The summed E-state index contributed by atoms with van der Waals surface area (Å²) in [4.78, 5) is 14.3. The third-order valence-electron chi connectivity index (χ3n) is 4.69. The fourth-order valence-corrected chi connectivity index (χ4v) is 3.03. The lowest BCUT2D eigenvalue weighted by Gasteiger charge is -2.34. The van der Waals surface area contributed by atoms with Crippen molar-refractivity contribution in [1.82, 2.24) is 4.90 Å². The van der Waals surface area contributed by atoms with Gasteiger partial charge in [0.05, 0.1) is 13.0 Å². The fraction of sp³-hybridized carbons (Fsp3) is 0.632. The standard InChI is InChI=1S/C19H30N2O2.ClH/c1-14(2)16-6-8-18(9-7-16)23-12-10-19(22)21-11-4-5-17(13-21)15(3)20;/h6-9,14-15,17H,4-5,10-13,20H2,1-3H3;1H. The van der Waals surface area contributed by atoms with E-state index in [-0.39, 0.29) is 24.4 Å². The van der Waals surface area contributed by atoms with Gasteiger partial charge in [0.15, 0.2) is 0 Å². The maximum atomic E-state index is 12.3. The normalized spacial score (nSPS) is 18.9. The third kappa shape index (κ3) is 5.99. The van der Waals surface area contributed by atoms with Gasteiger partial charge in [-0.25, -0.2) is 0 Å². The lowest BCUT2D eigenvalue weighted by molar-refractivity contribution is -0.133. The van der Waals surface area contributed by atoms with Crippen molar-refractivity contribution in [3.63, 3.8) is 0 Å². The quantitative estimate of drug-likeness (QED) is 0.849. The molecule has 2 unspecified atom stereocenters. The molecule has 0 aliphatic carbocycles. The number of carbonyl (C=O) groups is 1. The minimum atomic E-state index is 0. The molecule has 0 spiro atoms. The van der Waals surface area contributed by atoms with Crippen molar-refractivity contribution in [1.29, 1.82) is 0 Å². The molecule has 0 aromatic heterocycles. The van der Waals surface area contributed by atoms with E-state index in [1.165, 1.54) is 5.56 Å². The number of nitrogens with two attached hydrogens (primary N) is 1. The zero-order chi connectivity index (χ0) is 16.8. The van der Waals surface area contributed by atoms with Crippen LogP contribution >= 0.6 is 12.4 Å². The number of ether oxygens (including phenoxy) is 1. The van der Waals surface area contributed by atoms with Crippen molar-refractivity contribution in [2.75, 3.05) is 19.7 Å². The molecule has 1 heterocycles. The summed E-state index contributed by atoms with van der Waals surface area (Å²) in [7, 11) is 0. The fourth-order valence-electron chi connectivity index (χ4n) is 3.03. The Hall–Kier alpha value is -1.26. The summed E-state index contributed by atoms with van der Waals surface area (Å²) in [6, 6.07) is 8.28. The van der Waals surface area contributed by atoms with Gasteiger partial charge in [-0.1, -0.05) is 26.0 Å². The number of benzene rings is 1. The SMILES string of the molecule is CC(C)c1ccc(OCCC(=O)N2CCCC(C(C)N)C2)cc1.Cl. The van der Waals surface area contributed by atoms with Gasteiger partial charge in [-0.05, 0) is 49.3 Å². The number of hydrogen-bond donors (Lipinski definition) is 1. The largest absolute Gasteiger partial charge is 0.493 e. The second-order valence-corrected chi connectivity index (χ2v) is 6.92. The second-order valence-electron chi connectivity index (χ2n) is 6.92. The Kier molecular flexibility index (Phi) is 8.57. The predicted molar refractivity (Wildman–Crippen MR) is 101 cm³/mol. The molecule has 24 heavy (non-hydrogen) atoms. The monoisotopic (exact) mass is 354 g/mol. The maximum Gasteiger partial charge on any atom is 0.226 e. The van der Waals surface area contributed by atoms with Crippen LogP contribution in [0.3, 0.4) is 0 Å². The van der Waals surface area contributed by atoms with Gasteiger partial charge in [-0.15, -0.1) is 12.4 Å². The molecule has 1 saturated heterocycles. The van der Waals surface area contributed by atoms with Gasteiger partial charge in [0.1, 0.15) is 5.75 Å². The molecule has 1 aliphatic heterocycles. The van der Waals surface area contributed by atoms with Gasteiger partial charge in [0, 0.05) is 19.1 Å². The summed E-state index contributed by atoms with van der Waals surface area (Å²) in [5, 5.41) is 0. The van der Waals surface area contributed by atoms with E-state index in [0.29, 0.717) is 24.9 Å². The van der Waals surface area contributed by atoms with Crippen LogP contribution in [-0.4, -0.2) is 36.5 Å². The van der Waals surface area contributed by atoms with Gasteiger partial charge < -0.3 is 15.4 Å². The molecule has 0 saturated carbocycles. The average Bonchev–Trinajstić information content (AvgIpc) is 2.55. The highest BCUT2D eigenvalue weighted by Gasteiger charge is 2.25. The molecule has 1 aromatic carbocycles. The number of carbonyl (C=O) groups excluding carboxylic acids is 1. The van der Waals surface area contributed by atoms with Crippen LogP contribution in [0.25, 0.3) is 0 Å². The molecule has 2 N–H and O–H groups in total. The molecule has 1 fully saturated rings. The molecule has 2 atom stereocenters. The summed E-state index contributed by atoms with van der Waals surface area (Å²) >= 11 is 0. The van der Waals surface area contributed by atoms with Gasteiger partial charge in [-0.2, -0.15) is 0 Å². The summed E-state index contributed by atoms with van der Waals surface area (Å²) in [5.41, 5.74) is 7.27. The third-order valence-corrected chi connectivity index (χ3v) is 4.69. The van der Waals surface area contributed by atoms with E-state index in [9.17, 15) is 4.79 Å². The first-order valence-electron chi connectivity index (χ1n) is 8.73. The number of rotatable bonds is 6. The van der Waals surface area contributed by atoms with Gasteiger partial charge in [0.25, 0.3) is 0 Å². The van der Waals surface area contributed by atoms with Crippen LogP contribution < -0.4 is 10.5 Å². The molecule has 2 rings (SSSR count). The van der Waals surface area contributed by atoms with E-state index in [1.54, 1.807) is 0 Å². The van der Waals surface area contributed by atoms with Crippen molar-refractivity contribution >= 4 is 18.3 Å². The highest BCUT2D eigenvalue weighted by Crippen LogP contribution is 2.20. The number of halogens is 1. The molecular formula is C19H31ClN2O2. The van der Waals surface area contributed by atoms with E-state index in [1.807, 2.05) is 24.0 Å². The first-order valence-corrected chi connectivity index (χ1v) is 8.73. The highest BCUT2D eigenvalue weighted by atomic mass is 35.5. The number of nitrogens with zero attached hydrogens (tertiary/aromatic N) is 1. The second kappa shape index (κ2) is 9.90. The molecule has 0 radical (unpaired) electrons. The Balaban J connectivity index is 0.00000288. The Morgan fingerprint density at radius 1 is 1.29 bits per heavy atom. The highest BCUT2D eigenvalue weighted by molar-refractivity contribution is 5.85. The maximum absolute atomic E-state index is 12.3. The first kappa shape index (κ1) is 20.8. The minimum absolute atomic E-state index is 0. The zero-order valence-electron chi connectivity index (χ0n) is 15.0. The van der Waals surface area contributed by atoms with E-state index < -0.39 is 0 Å². The van der Waals surface area contributed by atoms with E-state index >= 15 is 0 Å². The number of likely N-dealkylation sites (tertiary alicyclic amines) is 1. The van der Waals surface area contributed by atoms with Gasteiger partial charge in [0.2, 0.25) is 5.91 Å². The minimum Gasteiger partial charge on any atom is -0.493 e. The molecular weight excluding hydrogens is 324 g/mol. The van der Waals surface area contributed by atoms with E-state index in [2.05, 4.69) is 26.0 Å². The van der Waals surface area contributed by atoms with E-state index in [4.69, 9.17) is 10.5 Å². The molecule has 1 aromatic rings. The zero-order valence-corrected chi connectivity index (χ0v) is 15.8. The van der Waals surface area contributed by atoms with Crippen LogP contribution in [-0.2, 0) is 4.79 Å². The first-order chi connectivity index (χ1) is 11.0. The Morgan fingerprint density at radius 2 is 1.96 bits per heavy atom. The lowest BCUT2D eigenvalue weighted by atomic mass is 9.92. The number of piperidine rings is 1. The van der Waals surface area contributed by atoms with Gasteiger partial charge in [-0.3, -0.25) is 4.79 Å². The van der Waals surface area contributed by atoms with Crippen molar-refractivity contribution in [3.8, 4) is 5.75 Å². The molecule has 5 heteroatoms. The van der Waals surface area contributed by atoms with Crippen LogP contribution in [0.5, 0.6) is 5.75 Å². The van der Waals surface area contributed by atoms with Crippen LogP contribution in [0.15, 0.2) is 24.3 Å². The average molecular weight is 355 g/mol. The predicted octanol–water partition coefficient (Wildman–Crippen LogP) is 3.59. The molecule has 136 valence electrons. The van der Waals surface area contributed by atoms with Crippen LogP contribution in [0.4, 0.5) is 0 Å². The molecule has 1 aliphatic rings. The smallest absolute Gasteiger partial charge is 0.226 e. The van der Waals surface area contributed by atoms with Crippen LogP contribution in [0.2, 0.25) is 0 Å². The Labute approximate surface area is 152 Å². The number of amides is 1. The molecule has 4 nitrogen and oxygen atoms in total. The Morgan fingerprint density at radius 3 is 2.54 bits per heavy atom. The van der Waals surface area contributed by atoms with Crippen molar-refractivity contribution < 1.29 is 9.53 Å². The van der Waals surface area contributed by atoms with Crippen LogP contribution in [0.1, 0.15) is 51.5 Å².